The Morgan fingerprint density at radius 3 is 2.00 bits per heavy atom. The van der Waals surface area contributed by atoms with E-state index in [-0.39, 0.29) is 5.91 Å². The molecule has 0 radical (unpaired) electrons. The first-order valence-corrected chi connectivity index (χ1v) is 7.72. The highest BCUT2D eigenvalue weighted by atomic mass is 16.5. The first-order chi connectivity index (χ1) is 11.5. The number of methoxy groups -OCH3 is 3. The third-order valence-corrected chi connectivity index (χ3v) is 3.78. The molecule has 0 unspecified atom stereocenters. The minimum atomic E-state index is -0.273. The molecule has 0 aromatic heterocycles. The highest BCUT2D eigenvalue weighted by Gasteiger charge is 2.20. The molecule has 0 heterocycles. The number of amides is 1. The van der Waals surface area contributed by atoms with E-state index < -0.39 is 0 Å². The molecule has 0 aliphatic rings. The van der Waals surface area contributed by atoms with E-state index in [0.717, 1.165) is 5.69 Å². The van der Waals surface area contributed by atoms with Crippen LogP contribution in [0, 0.1) is 0 Å². The molecule has 0 fully saturated rings. The first-order valence-electron chi connectivity index (χ1n) is 7.72. The summed E-state index contributed by atoms with van der Waals surface area (Å²) in [6.07, 6.45) is 0. The molecular formula is C19H23NO4. The third-order valence-electron chi connectivity index (χ3n) is 3.78. The van der Waals surface area contributed by atoms with E-state index >= 15 is 0 Å². The summed E-state index contributed by atoms with van der Waals surface area (Å²) < 4.78 is 15.9. The monoisotopic (exact) mass is 329 g/mol. The standard InChI is InChI=1S/C19H23NO4/c1-12(2)13-6-8-14(9-7-13)20-19(21)15-10-11-16(22-3)18(24-5)17(15)23-4/h6-12H,1-5H3,(H,20,21). The molecule has 0 saturated heterocycles. The van der Waals surface area contributed by atoms with Gasteiger partial charge in [-0.25, -0.2) is 0 Å². The highest BCUT2D eigenvalue weighted by Crippen LogP contribution is 2.39. The lowest BCUT2D eigenvalue weighted by Crippen LogP contribution is -2.14. The van der Waals surface area contributed by atoms with E-state index in [2.05, 4.69) is 19.2 Å². The fourth-order valence-electron chi connectivity index (χ4n) is 2.43. The molecule has 0 spiro atoms. The fourth-order valence-corrected chi connectivity index (χ4v) is 2.43. The minimum Gasteiger partial charge on any atom is -0.493 e. The van der Waals surface area contributed by atoms with Crippen molar-refractivity contribution in [1.82, 2.24) is 0 Å². The molecule has 0 saturated carbocycles. The third kappa shape index (κ3) is 3.62. The summed E-state index contributed by atoms with van der Waals surface area (Å²) in [6.45, 7) is 4.25. The van der Waals surface area contributed by atoms with Gasteiger partial charge in [0.05, 0.1) is 26.9 Å². The number of carbonyl (C=O) groups excluding carboxylic acids is 1. The Kier molecular flexibility index (Phi) is 5.68. The SMILES string of the molecule is COc1ccc(C(=O)Nc2ccc(C(C)C)cc2)c(OC)c1OC. The zero-order chi connectivity index (χ0) is 17.7. The average molecular weight is 329 g/mol. The Morgan fingerprint density at radius 2 is 1.50 bits per heavy atom. The van der Waals surface area contributed by atoms with Crippen LogP contribution >= 0.6 is 0 Å². The first kappa shape index (κ1) is 17.7. The summed E-state index contributed by atoms with van der Waals surface area (Å²) in [5.41, 5.74) is 2.32. The molecule has 2 rings (SSSR count). The van der Waals surface area contributed by atoms with Gasteiger partial charge in [-0.2, -0.15) is 0 Å². The molecule has 5 heteroatoms. The lowest BCUT2D eigenvalue weighted by atomic mass is 10.0. The summed E-state index contributed by atoms with van der Waals surface area (Å²) in [6, 6.07) is 11.1. The number of benzene rings is 2. The predicted octanol–water partition coefficient (Wildman–Crippen LogP) is 4.09. The van der Waals surface area contributed by atoms with E-state index in [0.29, 0.717) is 28.7 Å². The van der Waals surface area contributed by atoms with Crippen LogP contribution in [0.15, 0.2) is 36.4 Å². The molecule has 128 valence electrons. The van der Waals surface area contributed by atoms with E-state index in [1.807, 2.05) is 24.3 Å². The second kappa shape index (κ2) is 7.73. The van der Waals surface area contributed by atoms with Crippen molar-refractivity contribution in [2.45, 2.75) is 19.8 Å². The van der Waals surface area contributed by atoms with Gasteiger partial charge in [-0.1, -0.05) is 26.0 Å². The molecule has 0 aliphatic heterocycles. The van der Waals surface area contributed by atoms with Crippen LogP contribution in [-0.2, 0) is 0 Å². The largest absolute Gasteiger partial charge is 0.493 e. The zero-order valence-electron chi connectivity index (χ0n) is 14.7. The topological polar surface area (TPSA) is 56.8 Å². The Hall–Kier alpha value is -2.69. The van der Waals surface area contributed by atoms with Crippen LogP contribution in [0.5, 0.6) is 17.2 Å². The fraction of sp³-hybridized carbons (Fsp3) is 0.316. The predicted molar refractivity (Wildman–Crippen MR) is 94.6 cm³/mol. The number of carbonyl (C=O) groups is 1. The van der Waals surface area contributed by atoms with E-state index in [9.17, 15) is 4.79 Å². The van der Waals surface area contributed by atoms with E-state index in [1.54, 1.807) is 12.1 Å². The number of anilines is 1. The summed E-state index contributed by atoms with van der Waals surface area (Å²) in [5.74, 6) is 1.41. The number of hydrogen-bond acceptors (Lipinski definition) is 4. The van der Waals surface area contributed by atoms with Crippen molar-refractivity contribution >= 4 is 11.6 Å². The second-order valence-electron chi connectivity index (χ2n) is 5.61. The Morgan fingerprint density at radius 1 is 0.875 bits per heavy atom. The van der Waals surface area contributed by atoms with Gasteiger partial charge in [0.25, 0.3) is 5.91 Å². The smallest absolute Gasteiger partial charge is 0.259 e. The maximum absolute atomic E-state index is 12.6. The lowest BCUT2D eigenvalue weighted by Gasteiger charge is -2.15. The Balaban J connectivity index is 2.29. The van der Waals surface area contributed by atoms with Gasteiger partial charge in [0.1, 0.15) is 0 Å². The van der Waals surface area contributed by atoms with Crippen molar-refractivity contribution in [2.75, 3.05) is 26.6 Å². The van der Waals surface area contributed by atoms with Gasteiger partial charge in [0.15, 0.2) is 11.5 Å². The molecular weight excluding hydrogens is 306 g/mol. The Bertz CT molecular complexity index is 708. The normalized spacial score (nSPS) is 10.4. The van der Waals surface area contributed by atoms with Gasteiger partial charge in [-0.15, -0.1) is 0 Å². The number of rotatable bonds is 6. The van der Waals surface area contributed by atoms with Gasteiger partial charge in [0, 0.05) is 5.69 Å². The van der Waals surface area contributed by atoms with Crippen LogP contribution in [0.25, 0.3) is 0 Å². The van der Waals surface area contributed by atoms with Crippen LogP contribution in [-0.4, -0.2) is 27.2 Å². The molecule has 0 atom stereocenters. The molecule has 0 bridgehead atoms. The molecule has 2 aromatic rings. The molecule has 1 N–H and O–H groups in total. The van der Waals surface area contributed by atoms with Crippen molar-refractivity contribution < 1.29 is 19.0 Å². The number of hydrogen-bond donors (Lipinski definition) is 1. The second-order valence-corrected chi connectivity index (χ2v) is 5.61. The quantitative estimate of drug-likeness (QED) is 0.867. The summed E-state index contributed by atoms with van der Waals surface area (Å²) in [5, 5.41) is 2.87. The molecule has 2 aromatic carbocycles. The molecule has 5 nitrogen and oxygen atoms in total. The maximum atomic E-state index is 12.6. The van der Waals surface area contributed by atoms with Crippen molar-refractivity contribution in [3.8, 4) is 17.2 Å². The summed E-state index contributed by atoms with van der Waals surface area (Å²) in [7, 11) is 4.53. The molecule has 24 heavy (non-hydrogen) atoms. The minimum absolute atomic E-state index is 0.273. The lowest BCUT2D eigenvalue weighted by molar-refractivity contribution is 0.102. The molecule has 1 amide bonds. The van der Waals surface area contributed by atoms with Crippen LogP contribution in [0.3, 0.4) is 0 Å². The number of ether oxygens (including phenoxy) is 3. The average Bonchev–Trinajstić information content (AvgIpc) is 2.60. The van der Waals surface area contributed by atoms with Crippen molar-refractivity contribution in [3.63, 3.8) is 0 Å². The molecule has 0 aliphatic carbocycles. The van der Waals surface area contributed by atoms with Crippen LogP contribution in [0.1, 0.15) is 35.7 Å². The van der Waals surface area contributed by atoms with Crippen LogP contribution in [0.2, 0.25) is 0 Å². The summed E-state index contributed by atoms with van der Waals surface area (Å²) in [4.78, 5) is 12.6. The zero-order valence-corrected chi connectivity index (χ0v) is 14.7. The van der Waals surface area contributed by atoms with Crippen molar-refractivity contribution in [1.29, 1.82) is 0 Å². The maximum Gasteiger partial charge on any atom is 0.259 e. The van der Waals surface area contributed by atoms with Gasteiger partial charge in [-0.05, 0) is 35.7 Å². The van der Waals surface area contributed by atoms with Gasteiger partial charge in [0.2, 0.25) is 5.75 Å². The van der Waals surface area contributed by atoms with E-state index in [1.165, 1.54) is 26.9 Å². The van der Waals surface area contributed by atoms with Gasteiger partial charge < -0.3 is 19.5 Å². The van der Waals surface area contributed by atoms with Crippen molar-refractivity contribution in [2.24, 2.45) is 0 Å². The van der Waals surface area contributed by atoms with Crippen LogP contribution < -0.4 is 19.5 Å². The van der Waals surface area contributed by atoms with Crippen LogP contribution in [0.4, 0.5) is 5.69 Å². The highest BCUT2D eigenvalue weighted by molar-refractivity contribution is 6.07. The summed E-state index contributed by atoms with van der Waals surface area (Å²) >= 11 is 0. The Labute approximate surface area is 142 Å². The van der Waals surface area contributed by atoms with E-state index in [4.69, 9.17) is 14.2 Å². The van der Waals surface area contributed by atoms with Crippen molar-refractivity contribution in [3.05, 3.63) is 47.5 Å². The number of nitrogens with one attached hydrogen (secondary N) is 1. The van der Waals surface area contributed by atoms with Gasteiger partial charge in [-0.3, -0.25) is 4.79 Å². The van der Waals surface area contributed by atoms with Gasteiger partial charge >= 0.3 is 0 Å².